The van der Waals surface area contributed by atoms with Crippen LogP contribution in [0.1, 0.15) is 6.42 Å². The molecule has 1 fully saturated rings. The lowest BCUT2D eigenvalue weighted by Gasteiger charge is -1.98. The lowest BCUT2D eigenvalue weighted by molar-refractivity contribution is -0.192. The van der Waals surface area contributed by atoms with E-state index in [9.17, 15) is 13.2 Å². The number of aliphatic carboxylic acids is 1. The van der Waals surface area contributed by atoms with Crippen LogP contribution in [0.5, 0.6) is 0 Å². The Labute approximate surface area is 78.7 Å². The normalized spacial score (nSPS) is 21.3. The Kier molecular flexibility index (Phi) is 5.47. The number of carboxylic acids is 1. The van der Waals surface area contributed by atoms with Crippen molar-refractivity contribution in [3.63, 3.8) is 0 Å². The summed E-state index contributed by atoms with van der Waals surface area (Å²) in [6.45, 7) is 2.45. The van der Waals surface area contributed by atoms with E-state index >= 15 is 0 Å². The number of hydrogen-bond acceptors (Lipinski definition) is 3. The summed E-state index contributed by atoms with van der Waals surface area (Å²) in [5.74, 6) is -2.22. The molecule has 0 aromatic carbocycles. The number of aliphatic hydroxyl groups is 1. The number of carboxylic acid groups (broad SMARTS) is 1. The summed E-state index contributed by atoms with van der Waals surface area (Å²) in [4.78, 5) is 8.90. The van der Waals surface area contributed by atoms with Crippen LogP contribution < -0.4 is 5.32 Å². The first kappa shape index (κ1) is 13.2. The van der Waals surface area contributed by atoms with Gasteiger partial charge in [-0.05, 0) is 18.9 Å². The highest BCUT2D eigenvalue weighted by Crippen LogP contribution is 2.13. The molecule has 1 aliphatic rings. The third-order valence-electron chi connectivity index (χ3n) is 1.66. The molecule has 0 aromatic heterocycles. The van der Waals surface area contributed by atoms with E-state index in [-0.39, 0.29) is 0 Å². The number of halogens is 3. The van der Waals surface area contributed by atoms with Crippen molar-refractivity contribution in [3.05, 3.63) is 0 Å². The van der Waals surface area contributed by atoms with Crippen molar-refractivity contribution in [2.24, 2.45) is 5.92 Å². The molecular formula is C7H12F3NO3. The second kappa shape index (κ2) is 5.82. The predicted molar refractivity (Wildman–Crippen MR) is 41.8 cm³/mol. The van der Waals surface area contributed by atoms with Crippen LogP contribution >= 0.6 is 0 Å². The third-order valence-corrected chi connectivity index (χ3v) is 1.66. The van der Waals surface area contributed by atoms with Crippen LogP contribution in [-0.2, 0) is 4.79 Å². The van der Waals surface area contributed by atoms with Gasteiger partial charge >= 0.3 is 12.1 Å². The molecule has 7 heteroatoms. The summed E-state index contributed by atoms with van der Waals surface area (Å²) in [5.41, 5.74) is 0. The van der Waals surface area contributed by atoms with E-state index in [1.165, 1.54) is 0 Å². The Morgan fingerprint density at radius 2 is 2.00 bits per heavy atom. The van der Waals surface area contributed by atoms with E-state index in [1.54, 1.807) is 0 Å². The fraction of sp³-hybridized carbons (Fsp3) is 0.857. The molecule has 84 valence electrons. The minimum atomic E-state index is -5.08. The summed E-state index contributed by atoms with van der Waals surface area (Å²) < 4.78 is 31.7. The van der Waals surface area contributed by atoms with Gasteiger partial charge in [0.25, 0.3) is 0 Å². The third kappa shape index (κ3) is 5.76. The minimum absolute atomic E-state index is 0.354. The Balaban J connectivity index is 0.000000241. The van der Waals surface area contributed by atoms with Gasteiger partial charge in [-0.25, -0.2) is 4.79 Å². The van der Waals surface area contributed by atoms with Crippen LogP contribution in [0.4, 0.5) is 13.2 Å². The maximum absolute atomic E-state index is 10.6. The van der Waals surface area contributed by atoms with Gasteiger partial charge in [-0.15, -0.1) is 0 Å². The van der Waals surface area contributed by atoms with Crippen LogP contribution in [0.2, 0.25) is 0 Å². The van der Waals surface area contributed by atoms with Crippen molar-refractivity contribution in [2.75, 3.05) is 19.7 Å². The van der Waals surface area contributed by atoms with Gasteiger partial charge in [0.2, 0.25) is 0 Å². The molecule has 1 aliphatic heterocycles. The van der Waals surface area contributed by atoms with Crippen LogP contribution in [0.25, 0.3) is 0 Å². The fourth-order valence-corrected chi connectivity index (χ4v) is 0.870. The summed E-state index contributed by atoms with van der Waals surface area (Å²) in [5, 5.41) is 18.8. The first-order valence-electron chi connectivity index (χ1n) is 3.99. The summed E-state index contributed by atoms with van der Waals surface area (Å²) >= 11 is 0. The molecule has 0 spiro atoms. The van der Waals surface area contributed by atoms with E-state index in [2.05, 4.69) is 5.32 Å². The zero-order valence-electron chi connectivity index (χ0n) is 7.34. The van der Waals surface area contributed by atoms with E-state index in [1.807, 2.05) is 0 Å². The molecule has 0 aliphatic carbocycles. The number of rotatable bonds is 1. The first-order chi connectivity index (χ1) is 6.38. The van der Waals surface area contributed by atoms with Crippen LogP contribution in [0.15, 0.2) is 0 Å². The summed E-state index contributed by atoms with van der Waals surface area (Å²) in [7, 11) is 0. The molecule has 0 unspecified atom stereocenters. The topological polar surface area (TPSA) is 69.6 Å². The zero-order valence-corrected chi connectivity index (χ0v) is 7.34. The highest BCUT2D eigenvalue weighted by atomic mass is 19.4. The number of hydrogen-bond donors (Lipinski definition) is 3. The van der Waals surface area contributed by atoms with Gasteiger partial charge in [-0.2, -0.15) is 13.2 Å². The second-order valence-electron chi connectivity index (χ2n) is 2.84. The molecule has 1 rings (SSSR count). The van der Waals surface area contributed by atoms with E-state index in [4.69, 9.17) is 15.0 Å². The predicted octanol–water partition coefficient (Wildman–Crippen LogP) is 0.222. The second-order valence-corrected chi connectivity index (χ2v) is 2.84. The Morgan fingerprint density at radius 3 is 2.14 bits per heavy atom. The molecule has 3 N–H and O–H groups in total. The average Bonchev–Trinajstić information content (AvgIpc) is 2.54. The molecule has 1 atom stereocenters. The fourth-order valence-electron chi connectivity index (χ4n) is 0.870. The molecule has 0 amide bonds. The number of aliphatic hydroxyl groups excluding tert-OH is 1. The maximum Gasteiger partial charge on any atom is 0.490 e. The lowest BCUT2D eigenvalue weighted by atomic mass is 10.1. The van der Waals surface area contributed by atoms with Crippen LogP contribution in [0.3, 0.4) is 0 Å². The minimum Gasteiger partial charge on any atom is -0.475 e. The summed E-state index contributed by atoms with van der Waals surface area (Å²) in [6.07, 6.45) is -3.93. The number of nitrogens with one attached hydrogen (secondary N) is 1. The largest absolute Gasteiger partial charge is 0.490 e. The number of alkyl halides is 3. The molecular weight excluding hydrogens is 203 g/mol. The van der Waals surface area contributed by atoms with Gasteiger partial charge in [-0.1, -0.05) is 0 Å². The van der Waals surface area contributed by atoms with Crippen molar-refractivity contribution in [2.45, 2.75) is 12.6 Å². The highest BCUT2D eigenvalue weighted by Gasteiger charge is 2.38. The van der Waals surface area contributed by atoms with Crippen LogP contribution in [0, 0.1) is 5.92 Å². The van der Waals surface area contributed by atoms with Gasteiger partial charge in [0, 0.05) is 13.2 Å². The Bertz CT molecular complexity index is 178. The Hall–Kier alpha value is -0.820. The molecule has 4 nitrogen and oxygen atoms in total. The molecule has 0 radical (unpaired) electrons. The Morgan fingerprint density at radius 1 is 1.50 bits per heavy atom. The van der Waals surface area contributed by atoms with Crippen LogP contribution in [-0.4, -0.2) is 42.1 Å². The SMILES string of the molecule is O=C(O)C(F)(F)F.OC[C@@H]1CCNC1. The summed E-state index contributed by atoms with van der Waals surface area (Å²) in [6, 6.07) is 0. The monoisotopic (exact) mass is 215 g/mol. The molecule has 0 bridgehead atoms. The van der Waals surface area contributed by atoms with Gasteiger partial charge < -0.3 is 15.5 Å². The van der Waals surface area contributed by atoms with Crippen molar-refractivity contribution in [1.29, 1.82) is 0 Å². The molecule has 14 heavy (non-hydrogen) atoms. The quantitative estimate of drug-likeness (QED) is 0.585. The highest BCUT2D eigenvalue weighted by molar-refractivity contribution is 5.73. The van der Waals surface area contributed by atoms with Gasteiger partial charge in [-0.3, -0.25) is 0 Å². The molecule has 0 aromatic rings. The average molecular weight is 215 g/mol. The first-order valence-corrected chi connectivity index (χ1v) is 3.99. The van der Waals surface area contributed by atoms with E-state index < -0.39 is 12.1 Å². The van der Waals surface area contributed by atoms with Gasteiger partial charge in [0.1, 0.15) is 0 Å². The smallest absolute Gasteiger partial charge is 0.475 e. The van der Waals surface area contributed by atoms with Crippen molar-refractivity contribution >= 4 is 5.97 Å². The maximum atomic E-state index is 10.6. The van der Waals surface area contributed by atoms with Gasteiger partial charge in [0.15, 0.2) is 0 Å². The van der Waals surface area contributed by atoms with Crippen molar-refractivity contribution in [3.8, 4) is 0 Å². The molecule has 1 heterocycles. The standard InChI is InChI=1S/C5H11NO.C2HF3O2/c7-4-5-1-2-6-3-5;3-2(4,5)1(6)7/h5-7H,1-4H2;(H,6,7)/t5-;/m1./s1. The number of carbonyl (C=O) groups is 1. The lowest BCUT2D eigenvalue weighted by Crippen LogP contribution is -2.21. The van der Waals surface area contributed by atoms with Gasteiger partial charge in [0.05, 0.1) is 0 Å². The molecule has 0 saturated carbocycles. The van der Waals surface area contributed by atoms with E-state index in [0.29, 0.717) is 12.5 Å². The zero-order chi connectivity index (χ0) is 11.2. The van der Waals surface area contributed by atoms with E-state index in [0.717, 1.165) is 19.5 Å². The molecule has 1 saturated heterocycles. The van der Waals surface area contributed by atoms with Crippen molar-refractivity contribution in [1.82, 2.24) is 5.32 Å². The van der Waals surface area contributed by atoms with Crippen molar-refractivity contribution < 1.29 is 28.2 Å².